The molecule has 2 amide bonds. The minimum absolute atomic E-state index is 0.0384. The summed E-state index contributed by atoms with van der Waals surface area (Å²) in [5.74, 6) is 0.106. The number of hydrogen-bond acceptors (Lipinski definition) is 6. The van der Waals surface area contributed by atoms with E-state index in [1.807, 2.05) is 32.9 Å². The molecule has 10 heteroatoms. The molecule has 3 rings (SSSR count). The molecule has 0 heterocycles. The van der Waals surface area contributed by atoms with Crippen molar-refractivity contribution in [2.24, 2.45) is 0 Å². The molecule has 3 aromatic carbocycles. The molecule has 226 valence electrons. The fourth-order valence-corrected chi connectivity index (χ4v) is 5.81. The third kappa shape index (κ3) is 8.03. The molecule has 9 nitrogen and oxygen atoms in total. The number of aryl methyl sites for hydroxylation is 2. The van der Waals surface area contributed by atoms with E-state index in [1.54, 1.807) is 56.5 Å². The van der Waals surface area contributed by atoms with Crippen molar-refractivity contribution in [3.63, 3.8) is 0 Å². The Labute approximate surface area is 249 Å². The molecule has 0 bridgehead atoms. The van der Waals surface area contributed by atoms with Gasteiger partial charge in [0.2, 0.25) is 11.8 Å². The number of amides is 2. The van der Waals surface area contributed by atoms with E-state index in [0.29, 0.717) is 18.0 Å². The number of sulfonamides is 1. The molecule has 0 unspecified atom stereocenters. The largest absolute Gasteiger partial charge is 0.497 e. The predicted octanol–water partition coefficient (Wildman–Crippen LogP) is 4.85. The number of nitrogens with one attached hydrogen (secondary N) is 1. The number of carbonyl (C=O) groups excluding carboxylic acids is 2. The minimum Gasteiger partial charge on any atom is -0.497 e. The van der Waals surface area contributed by atoms with Crippen LogP contribution in [-0.4, -0.2) is 58.5 Å². The summed E-state index contributed by atoms with van der Waals surface area (Å²) in [6, 6.07) is 17.9. The summed E-state index contributed by atoms with van der Waals surface area (Å²) in [4.78, 5) is 28.7. The van der Waals surface area contributed by atoms with Gasteiger partial charge in [-0.05, 0) is 74.7 Å². The summed E-state index contributed by atoms with van der Waals surface area (Å²) in [7, 11) is -1.19. The van der Waals surface area contributed by atoms with Crippen LogP contribution in [-0.2, 0) is 26.2 Å². The van der Waals surface area contributed by atoms with Crippen LogP contribution in [0.25, 0.3) is 0 Å². The molecule has 0 aromatic heterocycles. The topological polar surface area (TPSA) is 105 Å². The van der Waals surface area contributed by atoms with Crippen LogP contribution in [0.3, 0.4) is 0 Å². The van der Waals surface area contributed by atoms with E-state index in [2.05, 4.69) is 5.32 Å². The van der Waals surface area contributed by atoms with Gasteiger partial charge in [0.15, 0.2) is 0 Å². The molecule has 0 aliphatic carbocycles. The van der Waals surface area contributed by atoms with E-state index in [1.165, 1.54) is 24.1 Å². The molecular weight excluding hydrogens is 554 g/mol. The van der Waals surface area contributed by atoms with Gasteiger partial charge in [-0.1, -0.05) is 49.2 Å². The Morgan fingerprint density at radius 1 is 0.905 bits per heavy atom. The molecule has 0 aliphatic heterocycles. The van der Waals surface area contributed by atoms with Gasteiger partial charge in [-0.2, -0.15) is 0 Å². The molecule has 0 radical (unpaired) electrons. The number of nitrogens with zero attached hydrogens (tertiary/aromatic N) is 2. The lowest BCUT2D eigenvalue weighted by molar-refractivity contribution is -0.139. The summed E-state index contributed by atoms with van der Waals surface area (Å²) in [5.41, 5.74) is 2.69. The fourth-order valence-electron chi connectivity index (χ4n) is 4.39. The average Bonchev–Trinajstić information content (AvgIpc) is 2.98. The number of benzene rings is 3. The van der Waals surface area contributed by atoms with Crippen LogP contribution < -0.4 is 19.1 Å². The zero-order chi connectivity index (χ0) is 30.9. The molecule has 0 saturated carbocycles. The lowest BCUT2D eigenvalue weighted by Gasteiger charge is -2.32. The van der Waals surface area contributed by atoms with Crippen LogP contribution in [0.2, 0.25) is 0 Å². The third-order valence-electron chi connectivity index (χ3n) is 7.00. The van der Waals surface area contributed by atoms with E-state index in [-0.39, 0.29) is 23.0 Å². The van der Waals surface area contributed by atoms with E-state index < -0.39 is 28.5 Å². The highest BCUT2D eigenvalue weighted by molar-refractivity contribution is 7.92. The maximum atomic E-state index is 14.1. The van der Waals surface area contributed by atoms with Crippen molar-refractivity contribution in [1.82, 2.24) is 10.2 Å². The molecule has 42 heavy (non-hydrogen) atoms. The quantitative estimate of drug-likeness (QED) is 0.267. The Morgan fingerprint density at radius 2 is 1.55 bits per heavy atom. The zero-order valence-electron chi connectivity index (χ0n) is 25.2. The van der Waals surface area contributed by atoms with Gasteiger partial charge >= 0.3 is 0 Å². The van der Waals surface area contributed by atoms with Crippen molar-refractivity contribution in [2.75, 3.05) is 31.6 Å². The third-order valence-corrected chi connectivity index (χ3v) is 8.77. The number of methoxy groups -OCH3 is 2. The second kappa shape index (κ2) is 14.7. The van der Waals surface area contributed by atoms with Crippen molar-refractivity contribution < 1.29 is 27.5 Å². The average molecular weight is 596 g/mol. The molecule has 0 spiro atoms. The first kappa shape index (κ1) is 32.5. The first-order valence-corrected chi connectivity index (χ1v) is 15.4. The number of ether oxygens (including phenoxy) is 2. The van der Waals surface area contributed by atoms with Crippen LogP contribution in [0.5, 0.6) is 11.5 Å². The summed E-state index contributed by atoms with van der Waals surface area (Å²) in [6.07, 6.45) is 1.72. The first-order valence-electron chi connectivity index (χ1n) is 14.0. The molecule has 1 N–H and O–H groups in total. The Balaban J connectivity index is 2.06. The molecular formula is C32H41N3O6S. The number of hydrogen-bond donors (Lipinski definition) is 1. The maximum Gasteiger partial charge on any atom is 0.264 e. The van der Waals surface area contributed by atoms with E-state index in [9.17, 15) is 18.0 Å². The van der Waals surface area contributed by atoms with Crippen molar-refractivity contribution in [1.29, 1.82) is 0 Å². The Morgan fingerprint density at radius 3 is 2.14 bits per heavy atom. The standard InChI is InChI=1S/C32H41N3O6S/c1-7-8-19-33-32(37)25(4)34(21-26-12-14-27(40-5)15-13-26)31(36)22-35(29-20-24(3)11-18-30(29)41-6)42(38,39)28-16-9-23(2)10-17-28/h9-18,20,25H,7-8,19,21-22H2,1-6H3,(H,33,37)/t25-/m1/s1. The SMILES string of the molecule is CCCCNC(=O)[C@@H](C)N(Cc1ccc(OC)cc1)C(=O)CN(c1cc(C)ccc1OC)S(=O)(=O)c1ccc(C)cc1. The lowest BCUT2D eigenvalue weighted by atomic mass is 10.1. The normalized spacial score (nSPS) is 11.9. The van der Waals surface area contributed by atoms with Crippen molar-refractivity contribution >= 4 is 27.5 Å². The molecule has 0 fully saturated rings. The van der Waals surface area contributed by atoms with Gasteiger partial charge in [0.1, 0.15) is 24.1 Å². The summed E-state index contributed by atoms with van der Waals surface area (Å²) in [6.45, 7) is 7.41. The smallest absolute Gasteiger partial charge is 0.264 e. The highest BCUT2D eigenvalue weighted by atomic mass is 32.2. The molecule has 1 atom stereocenters. The van der Waals surface area contributed by atoms with Gasteiger partial charge in [-0.3, -0.25) is 13.9 Å². The molecule has 3 aromatic rings. The van der Waals surface area contributed by atoms with Gasteiger partial charge in [-0.15, -0.1) is 0 Å². The monoisotopic (exact) mass is 595 g/mol. The number of unbranched alkanes of at least 4 members (excludes halogenated alkanes) is 1. The van der Waals surface area contributed by atoms with E-state index in [0.717, 1.165) is 33.8 Å². The fraction of sp³-hybridized carbons (Fsp3) is 0.375. The van der Waals surface area contributed by atoms with Crippen LogP contribution >= 0.6 is 0 Å². The lowest BCUT2D eigenvalue weighted by Crippen LogP contribution is -2.51. The highest BCUT2D eigenvalue weighted by Gasteiger charge is 2.34. The van der Waals surface area contributed by atoms with Gasteiger partial charge in [0.05, 0.1) is 24.8 Å². The maximum absolute atomic E-state index is 14.1. The van der Waals surface area contributed by atoms with Crippen molar-refractivity contribution in [2.45, 2.75) is 58.0 Å². The van der Waals surface area contributed by atoms with E-state index in [4.69, 9.17) is 9.47 Å². The van der Waals surface area contributed by atoms with Gasteiger partial charge in [0, 0.05) is 13.1 Å². The Hall–Kier alpha value is -4.05. The second-order valence-corrected chi connectivity index (χ2v) is 12.1. The molecule has 0 aliphatic rings. The Kier molecular flexibility index (Phi) is 11.4. The zero-order valence-corrected chi connectivity index (χ0v) is 26.0. The highest BCUT2D eigenvalue weighted by Crippen LogP contribution is 2.34. The number of anilines is 1. The van der Waals surface area contributed by atoms with Crippen LogP contribution in [0.15, 0.2) is 71.6 Å². The summed E-state index contributed by atoms with van der Waals surface area (Å²) in [5, 5.41) is 2.89. The first-order chi connectivity index (χ1) is 20.0. The second-order valence-electron chi connectivity index (χ2n) is 10.2. The van der Waals surface area contributed by atoms with E-state index >= 15 is 0 Å². The Bertz CT molecular complexity index is 1460. The number of carbonyl (C=O) groups is 2. The minimum atomic E-state index is -4.21. The van der Waals surface area contributed by atoms with Crippen LogP contribution in [0, 0.1) is 13.8 Å². The van der Waals surface area contributed by atoms with Crippen LogP contribution in [0.4, 0.5) is 5.69 Å². The number of rotatable bonds is 14. The summed E-state index contributed by atoms with van der Waals surface area (Å²) >= 11 is 0. The van der Waals surface area contributed by atoms with Gasteiger partial charge in [0.25, 0.3) is 10.0 Å². The van der Waals surface area contributed by atoms with Crippen molar-refractivity contribution in [3.05, 3.63) is 83.4 Å². The van der Waals surface area contributed by atoms with Crippen LogP contribution in [0.1, 0.15) is 43.4 Å². The summed E-state index contributed by atoms with van der Waals surface area (Å²) < 4.78 is 40.0. The molecule has 0 saturated heterocycles. The van der Waals surface area contributed by atoms with Gasteiger partial charge in [-0.25, -0.2) is 8.42 Å². The van der Waals surface area contributed by atoms with Gasteiger partial charge < -0.3 is 19.7 Å². The van der Waals surface area contributed by atoms with Crippen molar-refractivity contribution in [3.8, 4) is 11.5 Å². The predicted molar refractivity (Wildman–Crippen MR) is 164 cm³/mol.